The minimum absolute atomic E-state index is 0.380. The lowest BCUT2D eigenvalue weighted by molar-refractivity contribution is 0.214. The summed E-state index contributed by atoms with van der Waals surface area (Å²) >= 11 is 0. The molecule has 0 aromatic heterocycles. The van der Waals surface area contributed by atoms with Gasteiger partial charge in [-0.2, -0.15) is 0 Å². The van der Waals surface area contributed by atoms with Crippen LogP contribution < -0.4 is 0 Å². The zero-order chi connectivity index (χ0) is 10.7. The van der Waals surface area contributed by atoms with Crippen LogP contribution >= 0.6 is 0 Å². The molecule has 0 aliphatic carbocycles. The van der Waals surface area contributed by atoms with Gasteiger partial charge in [0.15, 0.2) is 0 Å². The lowest BCUT2D eigenvalue weighted by atomic mass is 9.86. The van der Waals surface area contributed by atoms with Crippen molar-refractivity contribution in [2.24, 2.45) is 17.8 Å². The van der Waals surface area contributed by atoms with Crippen molar-refractivity contribution in [3.05, 3.63) is 0 Å². The highest BCUT2D eigenvalue weighted by Crippen LogP contribution is 2.25. The van der Waals surface area contributed by atoms with Crippen molar-refractivity contribution in [1.82, 2.24) is 4.90 Å². The van der Waals surface area contributed by atoms with Crippen LogP contribution in [0, 0.1) is 23.2 Å². The van der Waals surface area contributed by atoms with E-state index in [1.807, 2.05) is 0 Å². The molecule has 1 fully saturated rings. The molecule has 14 heavy (non-hydrogen) atoms. The maximum Gasteiger partial charge on any atom is 0.0983 e. The molecule has 0 saturated carbocycles. The standard InChI is InChI=1S/C12H24N2/c1-9(2)11-5-7-14(8-6-11)12(13)10(3)4/h9-11,13H,5-8H2,1-4H3. The number of hydrogen-bond acceptors (Lipinski definition) is 1. The molecular weight excluding hydrogens is 172 g/mol. The van der Waals surface area contributed by atoms with E-state index in [1.54, 1.807) is 0 Å². The fourth-order valence-electron chi connectivity index (χ4n) is 2.17. The molecule has 2 nitrogen and oxygen atoms in total. The minimum Gasteiger partial charge on any atom is -0.360 e. The Hall–Kier alpha value is -0.530. The third kappa shape index (κ3) is 2.73. The van der Waals surface area contributed by atoms with Crippen LogP contribution in [-0.2, 0) is 0 Å². The molecule has 0 unspecified atom stereocenters. The van der Waals surface area contributed by atoms with Gasteiger partial charge in [0.1, 0.15) is 0 Å². The van der Waals surface area contributed by atoms with Gasteiger partial charge in [-0.05, 0) is 24.7 Å². The van der Waals surface area contributed by atoms with Crippen molar-refractivity contribution >= 4 is 5.84 Å². The predicted octanol–water partition coefficient (Wildman–Crippen LogP) is 2.99. The molecule has 1 heterocycles. The van der Waals surface area contributed by atoms with Crippen molar-refractivity contribution in [3.8, 4) is 0 Å². The number of nitrogens with zero attached hydrogens (tertiary/aromatic N) is 1. The molecule has 0 bridgehead atoms. The van der Waals surface area contributed by atoms with Crippen molar-refractivity contribution in [3.63, 3.8) is 0 Å². The van der Waals surface area contributed by atoms with Crippen molar-refractivity contribution in [2.75, 3.05) is 13.1 Å². The summed E-state index contributed by atoms with van der Waals surface area (Å²) in [6.45, 7) is 11.0. The summed E-state index contributed by atoms with van der Waals surface area (Å²) in [7, 11) is 0. The van der Waals surface area contributed by atoms with Gasteiger partial charge in [0.25, 0.3) is 0 Å². The normalized spacial score (nSPS) is 19.4. The minimum atomic E-state index is 0.380. The average molecular weight is 196 g/mol. The van der Waals surface area contributed by atoms with Gasteiger partial charge in [-0.1, -0.05) is 27.7 Å². The first-order valence-electron chi connectivity index (χ1n) is 5.85. The SMILES string of the molecule is CC(C)C(=N)N1CCC(C(C)C)CC1. The third-order valence-electron chi connectivity index (χ3n) is 3.37. The second-order valence-electron chi connectivity index (χ2n) is 5.11. The highest BCUT2D eigenvalue weighted by molar-refractivity contribution is 5.81. The number of nitrogens with one attached hydrogen (secondary N) is 1. The van der Waals surface area contributed by atoms with Crippen LogP contribution in [0.4, 0.5) is 0 Å². The highest BCUT2D eigenvalue weighted by atomic mass is 15.2. The molecule has 0 radical (unpaired) electrons. The van der Waals surface area contributed by atoms with Gasteiger partial charge in [-0.3, -0.25) is 5.41 Å². The molecule has 1 rings (SSSR count). The summed E-state index contributed by atoms with van der Waals surface area (Å²) in [5, 5.41) is 7.94. The van der Waals surface area contributed by atoms with E-state index in [9.17, 15) is 0 Å². The summed E-state index contributed by atoms with van der Waals surface area (Å²) < 4.78 is 0. The van der Waals surface area contributed by atoms with Crippen LogP contribution in [0.1, 0.15) is 40.5 Å². The van der Waals surface area contributed by atoms with Crippen LogP contribution in [-0.4, -0.2) is 23.8 Å². The lowest BCUT2D eigenvalue weighted by Crippen LogP contribution is -2.41. The smallest absolute Gasteiger partial charge is 0.0983 e. The number of rotatable bonds is 2. The summed E-state index contributed by atoms with van der Waals surface area (Å²) in [4.78, 5) is 2.25. The van der Waals surface area contributed by atoms with Gasteiger partial charge in [0.05, 0.1) is 5.84 Å². The average Bonchev–Trinajstić information content (AvgIpc) is 2.16. The van der Waals surface area contributed by atoms with E-state index < -0.39 is 0 Å². The monoisotopic (exact) mass is 196 g/mol. The van der Waals surface area contributed by atoms with Crippen molar-refractivity contribution in [1.29, 1.82) is 5.41 Å². The first kappa shape index (κ1) is 11.5. The van der Waals surface area contributed by atoms with Crippen LogP contribution in [0.5, 0.6) is 0 Å². The fraction of sp³-hybridized carbons (Fsp3) is 0.917. The van der Waals surface area contributed by atoms with E-state index in [0.717, 1.165) is 30.8 Å². The zero-order valence-electron chi connectivity index (χ0n) is 10.0. The summed E-state index contributed by atoms with van der Waals surface area (Å²) in [6, 6.07) is 0. The van der Waals surface area contributed by atoms with Crippen molar-refractivity contribution < 1.29 is 0 Å². The van der Waals surface area contributed by atoms with Gasteiger partial charge in [-0.15, -0.1) is 0 Å². The van der Waals surface area contributed by atoms with Crippen LogP contribution in [0.15, 0.2) is 0 Å². The molecule has 0 aromatic rings. The topological polar surface area (TPSA) is 27.1 Å². The van der Waals surface area contributed by atoms with Gasteiger partial charge >= 0.3 is 0 Å². The number of hydrogen-bond donors (Lipinski definition) is 1. The van der Waals surface area contributed by atoms with Gasteiger partial charge in [-0.25, -0.2) is 0 Å². The summed E-state index contributed by atoms with van der Waals surface area (Å²) in [5.74, 6) is 2.90. The van der Waals surface area contributed by atoms with E-state index >= 15 is 0 Å². The second-order valence-corrected chi connectivity index (χ2v) is 5.11. The summed E-state index contributed by atoms with van der Waals surface area (Å²) in [5.41, 5.74) is 0. The van der Waals surface area contributed by atoms with Crippen LogP contribution in [0.3, 0.4) is 0 Å². The maximum atomic E-state index is 7.94. The van der Waals surface area contributed by atoms with Gasteiger partial charge in [0, 0.05) is 19.0 Å². The number of likely N-dealkylation sites (tertiary alicyclic amines) is 1. The first-order valence-corrected chi connectivity index (χ1v) is 5.85. The number of amidine groups is 1. The van der Waals surface area contributed by atoms with Crippen molar-refractivity contribution in [2.45, 2.75) is 40.5 Å². The first-order chi connectivity index (χ1) is 6.52. The molecule has 1 aliphatic rings. The van der Waals surface area contributed by atoms with Crippen LogP contribution in [0.25, 0.3) is 0 Å². The molecular formula is C12H24N2. The van der Waals surface area contributed by atoms with E-state index in [2.05, 4.69) is 32.6 Å². The summed E-state index contributed by atoms with van der Waals surface area (Å²) in [6.07, 6.45) is 2.54. The molecule has 1 N–H and O–H groups in total. The molecule has 0 atom stereocenters. The quantitative estimate of drug-likeness (QED) is 0.533. The zero-order valence-corrected chi connectivity index (χ0v) is 10.0. The van der Waals surface area contributed by atoms with Gasteiger partial charge < -0.3 is 4.90 Å². The predicted molar refractivity (Wildman–Crippen MR) is 61.7 cm³/mol. The fourth-order valence-corrected chi connectivity index (χ4v) is 2.17. The van der Waals surface area contributed by atoms with Gasteiger partial charge in [0.2, 0.25) is 0 Å². The Labute approximate surface area is 88.2 Å². The van der Waals surface area contributed by atoms with Crippen LogP contribution in [0.2, 0.25) is 0 Å². The molecule has 0 aromatic carbocycles. The molecule has 82 valence electrons. The Morgan fingerprint density at radius 3 is 2.00 bits per heavy atom. The Kier molecular flexibility index (Phi) is 3.97. The van der Waals surface area contributed by atoms with E-state index in [0.29, 0.717) is 5.92 Å². The molecule has 1 aliphatic heterocycles. The maximum absolute atomic E-state index is 7.94. The molecule has 1 saturated heterocycles. The molecule has 2 heteroatoms. The second kappa shape index (κ2) is 4.81. The molecule has 0 amide bonds. The Bertz CT molecular complexity index is 188. The Morgan fingerprint density at radius 2 is 1.64 bits per heavy atom. The van der Waals surface area contributed by atoms with E-state index in [1.165, 1.54) is 12.8 Å². The lowest BCUT2D eigenvalue weighted by Gasteiger charge is -2.36. The third-order valence-corrected chi connectivity index (χ3v) is 3.37. The molecule has 0 spiro atoms. The Morgan fingerprint density at radius 1 is 1.14 bits per heavy atom. The van der Waals surface area contributed by atoms with E-state index in [4.69, 9.17) is 5.41 Å². The Balaban J connectivity index is 2.39. The van der Waals surface area contributed by atoms with E-state index in [-0.39, 0.29) is 0 Å². The largest absolute Gasteiger partial charge is 0.360 e. The highest BCUT2D eigenvalue weighted by Gasteiger charge is 2.23. The number of piperidine rings is 1.